The van der Waals surface area contributed by atoms with Crippen molar-refractivity contribution in [3.63, 3.8) is 0 Å². The number of aromatic nitrogens is 2. The third-order valence-electron chi connectivity index (χ3n) is 3.62. The van der Waals surface area contributed by atoms with Gasteiger partial charge in [0.15, 0.2) is 0 Å². The summed E-state index contributed by atoms with van der Waals surface area (Å²) in [7, 11) is 1.48. The second-order valence-corrected chi connectivity index (χ2v) is 6.91. The van der Waals surface area contributed by atoms with E-state index in [4.69, 9.17) is 34.8 Å². The standard InChI is InChI=1S/C16H16Cl3F2N3O/c1-8(3-4-10-12(18)5-9(17)6-13(10)19)22-16(25)11-7-24(2)23-14(11)15(20)21/h5-8,15H,3-4H2,1-2H3,(H,22,25). The number of hydrogen-bond donors (Lipinski definition) is 1. The Hall–Kier alpha value is -1.37. The van der Waals surface area contributed by atoms with E-state index in [0.717, 1.165) is 5.56 Å². The van der Waals surface area contributed by atoms with Crippen LogP contribution in [0.4, 0.5) is 8.78 Å². The van der Waals surface area contributed by atoms with Crippen LogP contribution in [-0.2, 0) is 13.5 Å². The van der Waals surface area contributed by atoms with Gasteiger partial charge >= 0.3 is 0 Å². The summed E-state index contributed by atoms with van der Waals surface area (Å²) in [4.78, 5) is 12.2. The molecule has 2 rings (SSSR count). The maximum Gasteiger partial charge on any atom is 0.282 e. The number of hydrogen-bond acceptors (Lipinski definition) is 2. The van der Waals surface area contributed by atoms with Crippen molar-refractivity contribution in [1.82, 2.24) is 15.1 Å². The number of amides is 1. The minimum absolute atomic E-state index is 0.132. The Morgan fingerprint density at radius 1 is 1.28 bits per heavy atom. The van der Waals surface area contributed by atoms with Gasteiger partial charge in [-0.05, 0) is 37.5 Å². The van der Waals surface area contributed by atoms with Crippen LogP contribution < -0.4 is 5.32 Å². The SMILES string of the molecule is CC(CCc1c(Cl)cc(Cl)cc1Cl)NC(=O)c1cn(C)nc1C(F)F. The van der Waals surface area contributed by atoms with E-state index in [2.05, 4.69) is 10.4 Å². The molecule has 136 valence electrons. The Balaban J connectivity index is 2.01. The first-order valence-corrected chi connectivity index (χ1v) is 8.58. The van der Waals surface area contributed by atoms with Gasteiger partial charge < -0.3 is 5.32 Å². The fourth-order valence-electron chi connectivity index (χ4n) is 2.39. The summed E-state index contributed by atoms with van der Waals surface area (Å²) in [6.45, 7) is 1.77. The van der Waals surface area contributed by atoms with Crippen molar-refractivity contribution in [3.05, 3.63) is 50.2 Å². The number of benzene rings is 1. The molecular weight excluding hydrogens is 395 g/mol. The molecule has 0 radical (unpaired) electrons. The number of aryl methyl sites for hydroxylation is 1. The van der Waals surface area contributed by atoms with Crippen LogP contribution in [0.2, 0.25) is 15.1 Å². The maximum absolute atomic E-state index is 12.9. The highest BCUT2D eigenvalue weighted by atomic mass is 35.5. The van der Waals surface area contributed by atoms with Crippen LogP contribution in [0.15, 0.2) is 18.3 Å². The summed E-state index contributed by atoms with van der Waals surface area (Å²) in [6.07, 6.45) is -0.512. The largest absolute Gasteiger partial charge is 0.349 e. The van der Waals surface area contributed by atoms with Crippen LogP contribution >= 0.6 is 34.8 Å². The molecule has 0 saturated heterocycles. The smallest absolute Gasteiger partial charge is 0.282 e. The first-order chi connectivity index (χ1) is 11.7. The molecule has 0 aliphatic carbocycles. The third-order valence-corrected chi connectivity index (χ3v) is 4.51. The van der Waals surface area contributed by atoms with E-state index < -0.39 is 18.0 Å². The Labute approximate surface area is 159 Å². The Morgan fingerprint density at radius 3 is 2.44 bits per heavy atom. The molecule has 1 N–H and O–H groups in total. The Bertz CT molecular complexity index is 757. The van der Waals surface area contributed by atoms with Crippen molar-refractivity contribution >= 4 is 40.7 Å². The zero-order valence-corrected chi connectivity index (χ0v) is 15.8. The van der Waals surface area contributed by atoms with Gasteiger partial charge in [-0.1, -0.05) is 34.8 Å². The first-order valence-electron chi connectivity index (χ1n) is 7.45. The second kappa shape index (κ2) is 8.34. The number of halogens is 5. The maximum atomic E-state index is 12.9. The van der Waals surface area contributed by atoms with Gasteiger partial charge in [-0.25, -0.2) is 8.78 Å². The predicted molar refractivity (Wildman–Crippen MR) is 94.9 cm³/mol. The fraction of sp³-hybridized carbons (Fsp3) is 0.375. The second-order valence-electron chi connectivity index (χ2n) is 5.66. The molecule has 1 atom stereocenters. The quantitative estimate of drug-likeness (QED) is 0.723. The van der Waals surface area contributed by atoms with E-state index in [9.17, 15) is 13.6 Å². The van der Waals surface area contributed by atoms with Crippen molar-refractivity contribution in [2.24, 2.45) is 7.05 Å². The zero-order chi connectivity index (χ0) is 18.7. The summed E-state index contributed by atoms with van der Waals surface area (Å²) >= 11 is 18.1. The number of alkyl halides is 2. The molecule has 9 heteroatoms. The number of nitrogens with zero attached hydrogens (tertiary/aromatic N) is 2. The molecule has 0 fully saturated rings. The number of rotatable bonds is 6. The number of carbonyl (C=O) groups excluding carboxylic acids is 1. The zero-order valence-electron chi connectivity index (χ0n) is 13.5. The van der Waals surface area contributed by atoms with Gasteiger partial charge in [-0.15, -0.1) is 0 Å². The van der Waals surface area contributed by atoms with Crippen molar-refractivity contribution < 1.29 is 13.6 Å². The summed E-state index contributed by atoms with van der Waals surface area (Å²) < 4.78 is 27.1. The lowest BCUT2D eigenvalue weighted by Crippen LogP contribution is -2.33. The van der Waals surface area contributed by atoms with Crippen LogP contribution in [0.5, 0.6) is 0 Å². The van der Waals surface area contributed by atoms with Gasteiger partial charge in [0.2, 0.25) is 0 Å². The van der Waals surface area contributed by atoms with Gasteiger partial charge in [0.25, 0.3) is 12.3 Å². The molecular formula is C16H16Cl3F2N3O. The normalized spacial score (nSPS) is 12.5. The van der Waals surface area contributed by atoms with Crippen LogP contribution in [-0.4, -0.2) is 21.7 Å². The highest BCUT2D eigenvalue weighted by Gasteiger charge is 2.23. The van der Waals surface area contributed by atoms with E-state index in [-0.39, 0.29) is 11.6 Å². The molecule has 1 amide bonds. The van der Waals surface area contributed by atoms with Crippen molar-refractivity contribution in [3.8, 4) is 0 Å². The predicted octanol–water partition coefficient (Wildman–Crippen LogP) is 5.07. The van der Waals surface area contributed by atoms with Gasteiger partial charge in [0.05, 0.1) is 5.56 Å². The molecule has 2 aromatic rings. The van der Waals surface area contributed by atoms with Crippen molar-refractivity contribution in [1.29, 1.82) is 0 Å². The average molecular weight is 411 g/mol. The van der Waals surface area contributed by atoms with E-state index in [1.807, 2.05) is 0 Å². The van der Waals surface area contributed by atoms with Crippen LogP contribution in [0, 0.1) is 0 Å². The molecule has 0 aliphatic rings. The molecule has 1 heterocycles. The van der Waals surface area contributed by atoms with E-state index in [1.54, 1.807) is 19.1 Å². The highest BCUT2D eigenvalue weighted by molar-refractivity contribution is 6.39. The van der Waals surface area contributed by atoms with Gasteiger partial charge in [-0.2, -0.15) is 5.10 Å². The lowest BCUT2D eigenvalue weighted by molar-refractivity contribution is 0.0924. The van der Waals surface area contributed by atoms with E-state index in [0.29, 0.717) is 27.9 Å². The van der Waals surface area contributed by atoms with Crippen molar-refractivity contribution in [2.75, 3.05) is 0 Å². The van der Waals surface area contributed by atoms with Crippen LogP contribution in [0.25, 0.3) is 0 Å². The van der Waals surface area contributed by atoms with E-state index in [1.165, 1.54) is 17.9 Å². The van der Waals surface area contributed by atoms with E-state index >= 15 is 0 Å². The Kier molecular flexibility index (Phi) is 6.65. The molecule has 0 spiro atoms. The molecule has 1 aromatic carbocycles. The first kappa shape index (κ1) is 19.9. The molecule has 0 aliphatic heterocycles. The average Bonchev–Trinajstić information content (AvgIpc) is 2.88. The summed E-state index contributed by atoms with van der Waals surface area (Å²) in [5.41, 5.74) is 0.0615. The monoisotopic (exact) mass is 409 g/mol. The van der Waals surface area contributed by atoms with Gasteiger partial charge in [0, 0.05) is 34.4 Å². The topological polar surface area (TPSA) is 46.9 Å². The number of nitrogens with one attached hydrogen (secondary N) is 1. The fourth-order valence-corrected chi connectivity index (χ4v) is 3.39. The molecule has 1 aromatic heterocycles. The molecule has 1 unspecified atom stereocenters. The molecule has 4 nitrogen and oxygen atoms in total. The lowest BCUT2D eigenvalue weighted by atomic mass is 10.1. The molecule has 0 bridgehead atoms. The van der Waals surface area contributed by atoms with Crippen LogP contribution in [0.1, 0.15) is 41.4 Å². The van der Waals surface area contributed by atoms with Crippen LogP contribution in [0.3, 0.4) is 0 Å². The minimum Gasteiger partial charge on any atom is -0.349 e. The summed E-state index contributed by atoms with van der Waals surface area (Å²) in [6, 6.07) is 2.91. The summed E-state index contributed by atoms with van der Waals surface area (Å²) in [5.74, 6) is -0.593. The number of carbonyl (C=O) groups is 1. The minimum atomic E-state index is -2.82. The molecule has 0 saturated carbocycles. The Morgan fingerprint density at radius 2 is 1.88 bits per heavy atom. The highest BCUT2D eigenvalue weighted by Crippen LogP contribution is 2.30. The van der Waals surface area contributed by atoms with Gasteiger partial charge in [0.1, 0.15) is 5.69 Å². The summed E-state index contributed by atoms with van der Waals surface area (Å²) in [5, 5.41) is 7.65. The van der Waals surface area contributed by atoms with Gasteiger partial charge in [-0.3, -0.25) is 9.48 Å². The molecule has 25 heavy (non-hydrogen) atoms. The van der Waals surface area contributed by atoms with Crippen molar-refractivity contribution in [2.45, 2.75) is 32.2 Å². The third kappa shape index (κ3) is 5.06. The lowest BCUT2D eigenvalue weighted by Gasteiger charge is -2.15.